The number of anilines is 1. The number of methoxy groups -OCH3 is 2. The third-order valence-electron chi connectivity index (χ3n) is 4.15. The van der Waals surface area contributed by atoms with Crippen molar-refractivity contribution in [1.82, 2.24) is 0 Å². The van der Waals surface area contributed by atoms with Crippen molar-refractivity contribution < 1.29 is 33.4 Å². The Morgan fingerprint density at radius 1 is 1.13 bits per heavy atom. The smallest absolute Gasteiger partial charge is 0.286 e. The normalized spacial score (nSPS) is 12.2. The summed E-state index contributed by atoms with van der Waals surface area (Å²) in [4.78, 5) is 23.8. The van der Waals surface area contributed by atoms with E-state index >= 15 is 0 Å². The van der Waals surface area contributed by atoms with Crippen LogP contribution >= 0.6 is 15.9 Å². The second-order valence-electron chi connectivity index (χ2n) is 6.05. The van der Waals surface area contributed by atoms with E-state index < -0.39 is 16.5 Å². The van der Waals surface area contributed by atoms with Crippen LogP contribution in [0.25, 0.3) is 0 Å². The fraction of sp³-hybridized carbons (Fsp3) is 0.316. The quantitative estimate of drug-likeness (QED) is 0.345. The molecule has 0 fully saturated rings. The first-order chi connectivity index (χ1) is 14.4. The third kappa shape index (κ3) is 4.74. The Kier molecular flexibility index (Phi) is 6.95. The molecule has 1 heterocycles. The number of hydrogen-bond acceptors (Lipinski definition) is 8. The van der Waals surface area contributed by atoms with Gasteiger partial charge in [-0.1, -0.05) is 0 Å². The number of nitro groups is 1. The van der Waals surface area contributed by atoms with Gasteiger partial charge in [0.25, 0.3) is 11.6 Å². The van der Waals surface area contributed by atoms with Crippen LogP contribution < -0.4 is 24.3 Å². The van der Waals surface area contributed by atoms with Crippen molar-refractivity contribution in [2.75, 3.05) is 46.0 Å². The highest BCUT2D eigenvalue weighted by Gasteiger charge is 2.26. The van der Waals surface area contributed by atoms with Crippen LogP contribution in [0.3, 0.4) is 0 Å². The van der Waals surface area contributed by atoms with Gasteiger partial charge in [-0.05, 0) is 15.9 Å². The van der Waals surface area contributed by atoms with Gasteiger partial charge in [0, 0.05) is 29.8 Å². The Hall–Kier alpha value is -3.05. The van der Waals surface area contributed by atoms with Gasteiger partial charge < -0.3 is 29.0 Å². The third-order valence-corrected chi connectivity index (χ3v) is 4.80. The first kappa shape index (κ1) is 21.7. The van der Waals surface area contributed by atoms with Crippen molar-refractivity contribution in [3.63, 3.8) is 0 Å². The van der Waals surface area contributed by atoms with E-state index in [-0.39, 0.29) is 30.3 Å². The van der Waals surface area contributed by atoms with Crippen LogP contribution in [0.5, 0.6) is 23.0 Å². The lowest BCUT2D eigenvalue weighted by molar-refractivity contribution is -0.385. The zero-order valence-electron chi connectivity index (χ0n) is 16.2. The minimum absolute atomic E-state index is 0.137. The number of carbonyl (C=O) groups is 1. The number of rotatable bonds is 8. The van der Waals surface area contributed by atoms with Crippen LogP contribution in [0.1, 0.15) is 10.4 Å². The van der Waals surface area contributed by atoms with Crippen molar-refractivity contribution in [3.8, 4) is 23.0 Å². The number of amides is 1. The number of nitro benzene ring substituents is 1. The minimum atomic E-state index is -0.694. The van der Waals surface area contributed by atoms with Gasteiger partial charge in [0.05, 0.1) is 30.4 Å². The Morgan fingerprint density at radius 3 is 2.47 bits per heavy atom. The molecule has 0 bridgehead atoms. The average molecular weight is 483 g/mol. The molecular weight excluding hydrogens is 464 g/mol. The summed E-state index contributed by atoms with van der Waals surface area (Å²) in [6, 6.07) is 5.66. The highest BCUT2D eigenvalue weighted by Crippen LogP contribution is 2.39. The molecule has 0 aliphatic carbocycles. The van der Waals surface area contributed by atoms with E-state index in [1.165, 1.54) is 20.3 Å². The van der Waals surface area contributed by atoms with Crippen molar-refractivity contribution in [2.24, 2.45) is 0 Å². The molecule has 2 aromatic rings. The lowest BCUT2D eigenvalue weighted by atomic mass is 10.1. The van der Waals surface area contributed by atoms with Crippen LogP contribution in [0, 0.1) is 10.1 Å². The molecule has 0 radical (unpaired) electrons. The highest BCUT2D eigenvalue weighted by molar-refractivity contribution is 9.10. The Morgan fingerprint density at radius 2 is 1.83 bits per heavy atom. The van der Waals surface area contributed by atoms with Crippen molar-refractivity contribution in [1.29, 1.82) is 0 Å². The van der Waals surface area contributed by atoms with Crippen LogP contribution in [0.15, 0.2) is 28.7 Å². The number of carbonyl (C=O) groups excluding carboxylic acids is 1. The number of halogens is 1. The highest BCUT2D eigenvalue weighted by atomic mass is 79.9. The van der Waals surface area contributed by atoms with Crippen molar-refractivity contribution in [2.45, 2.75) is 0 Å². The first-order valence-electron chi connectivity index (χ1n) is 8.83. The molecular formula is C19H19BrN2O8. The molecule has 0 unspecified atom stereocenters. The van der Waals surface area contributed by atoms with Crippen LogP contribution in [-0.2, 0) is 4.74 Å². The summed E-state index contributed by atoms with van der Waals surface area (Å²) < 4.78 is 27.2. The van der Waals surface area contributed by atoms with Gasteiger partial charge in [0.1, 0.15) is 25.4 Å². The Bertz CT molecular complexity index is 966. The minimum Gasteiger partial charge on any atom is -0.493 e. The number of ether oxygens (including phenoxy) is 5. The summed E-state index contributed by atoms with van der Waals surface area (Å²) in [5.41, 5.74) is -0.231. The molecule has 10 nitrogen and oxygen atoms in total. The predicted octanol–water partition coefficient (Wildman–Crippen LogP) is 3.41. The summed E-state index contributed by atoms with van der Waals surface area (Å²) in [5, 5.41) is 14.2. The van der Waals surface area contributed by atoms with E-state index in [2.05, 4.69) is 21.2 Å². The lowest BCUT2D eigenvalue weighted by Crippen LogP contribution is -2.17. The topological polar surface area (TPSA) is 118 Å². The van der Waals surface area contributed by atoms with Gasteiger partial charge in [-0.3, -0.25) is 14.9 Å². The lowest BCUT2D eigenvalue weighted by Gasteiger charge is -2.20. The van der Waals surface area contributed by atoms with Crippen LogP contribution in [-0.4, -0.2) is 51.5 Å². The molecule has 160 valence electrons. The Balaban J connectivity index is 1.92. The van der Waals surface area contributed by atoms with Gasteiger partial charge in [0.2, 0.25) is 0 Å². The van der Waals surface area contributed by atoms with E-state index in [0.717, 1.165) is 6.07 Å². The number of nitrogens with one attached hydrogen (secondary N) is 1. The number of hydrogen-bond donors (Lipinski definition) is 1. The fourth-order valence-corrected chi connectivity index (χ4v) is 3.16. The largest absolute Gasteiger partial charge is 0.493 e. The molecule has 0 spiro atoms. The molecule has 1 aliphatic rings. The molecule has 11 heteroatoms. The van der Waals surface area contributed by atoms with E-state index in [9.17, 15) is 14.9 Å². The van der Waals surface area contributed by atoms with Gasteiger partial charge in [-0.15, -0.1) is 0 Å². The fourth-order valence-electron chi connectivity index (χ4n) is 2.74. The Labute approximate surface area is 180 Å². The molecule has 0 atom stereocenters. The predicted molar refractivity (Wildman–Crippen MR) is 110 cm³/mol. The maximum absolute atomic E-state index is 12.9. The molecule has 30 heavy (non-hydrogen) atoms. The van der Waals surface area contributed by atoms with Gasteiger partial charge in [-0.2, -0.15) is 0 Å². The van der Waals surface area contributed by atoms with Gasteiger partial charge >= 0.3 is 0 Å². The zero-order chi connectivity index (χ0) is 21.7. The van der Waals surface area contributed by atoms with E-state index in [1.807, 2.05) is 0 Å². The molecule has 3 rings (SSSR count). The van der Waals surface area contributed by atoms with E-state index in [4.69, 9.17) is 23.7 Å². The van der Waals surface area contributed by atoms with Crippen molar-refractivity contribution >= 4 is 33.2 Å². The molecule has 2 aromatic carbocycles. The second kappa shape index (κ2) is 9.63. The molecule has 0 saturated carbocycles. The summed E-state index contributed by atoms with van der Waals surface area (Å²) in [6.45, 7) is 1.27. The monoisotopic (exact) mass is 482 g/mol. The number of fused-ring (bicyclic) bond motifs is 1. The van der Waals surface area contributed by atoms with E-state index in [1.54, 1.807) is 12.1 Å². The van der Waals surface area contributed by atoms with E-state index in [0.29, 0.717) is 34.9 Å². The maximum Gasteiger partial charge on any atom is 0.286 e. The standard InChI is InChI=1S/C19H19BrN2O8/c1-26-3-4-28-18-10-14(22(24)25)11(7-15(18)27-2)19(23)21-13-9-17-16(8-12(13)20)29-5-6-30-17/h7-10H,3-6H2,1-2H3,(H,21,23). The molecule has 1 amide bonds. The molecule has 1 aliphatic heterocycles. The summed E-state index contributed by atoms with van der Waals surface area (Å²) in [7, 11) is 2.88. The van der Waals surface area contributed by atoms with Gasteiger partial charge in [-0.25, -0.2) is 0 Å². The molecule has 0 aromatic heterocycles. The molecule has 0 saturated heterocycles. The maximum atomic E-state index is 12.9. The van der Waals surface area contributed by atoms with Crippen LogP contribution in [0.2, 0.25) is 0 Å². The zero-order valence-corrected chi connectivity index (χ0v) is 17.8. The SMILES string of the molecule is COCCOc1cc([N+](=O)[O-])c(C(=O)Nc2cc3c(cc2Br)OCCO3)cc1OC. The average Bonchev–Trinajstić information content (AvgIpc) is 2.73. The molecule has 1 N–H and O–H groups in total. The number of nitrogens with zero attached hydrogens (tertiary/aromatic N) is 1. The van der Waals surface area contributed by atoms with Crippen molar-refractivity contribution in [3.05, 3.63) is 44.4 Å². The second-order valence-corrected chi connectivity index (χ2v) is 6.90. The number of benzene rings is 2. The van der Waals surface area contributed by atoms with Gasteiger partial charge in [0.15, 0.2) is 23.0 Å². The summed E-state index contributed by atoms with van der Waals surface area (Å²) in [5.74, 6) is 0.632. The summed E-state index contributed by atoms with van der Waals surface area (Å²) in [6.07, 6.45) is 0. The summed E-state index contributed by atoms with van der Waals surface area (Å²) >= 11 is 3.36. The first-order valence-corrected chi connectivity index (χ1v) is 9.62. The van der Waals surface area contributed by atoms with Crippen LogP contribution in [0.4, 0.5) is 11.4 Å².